The highest BCUT2D eigenvalue weighted by atomic mass is 32.2. The van der Waals surface area contributed by atoms with E-state index in [1.54, 1.807) is 21.6 Å². The molecule has 0 aromatic heterocycles. The van der Waals surface area contributed by atoms with Crippen LogP contribution >= 0.6 is 11.8 Å². The number of likely N-dealkylation sites (tertiary alicyclic amines) is 1. The first kappa shape index (κ1) is 30.7. The first-order valence-electron chi connectivity index (χ1n) is 15.7. The maximum Gasteiger partial charge on any atom is 0.251 e. The second-order valence-corrected chi connectivity index (χ2v) is 13.5. The van der Waals surface area contributed by atoms with Gasteiger partial charge in [-0.1, -0.05) is 51.5 Å². The number of benzene rings is 1. The summed E-state index contributed by atoms with van der Waals surface area (Å²) in [6, 6.07) is 6.72. The Labute approximate surface area is 254 Å². The minimum atomic E-state index is -0.893. The Kier molecular flexibility index (Phi) is 9.09. The molecule has 9 heteroatoms. The molecular formula is C33H46N4O4S. The molecule has 228 valence electrons. The molecule has 0 bridgehead atoms. The van der Waals surface area contributed by atoms with Gasteiger partial charge in [-0.15, -0.1) is 11.8 Å². The lowest BCUT2D eigenvalue weighted by atomic mass is 9.78. The van der Waals surface area contributed by atoms with Crippen LogP contribution in [-0.2, 0) is 14.4 Å². The summed E-state index contributed by atoms with van der Waals surface area (Å²) >= 11 is 1.60. The molecule has 1 aromatic carbocycles. The van der Waals surface area contributed by atoms with E-state index < -0.39 is 28.7 Å². The molecular weight excluding hydrogens is 548 g/mol. The van der Waals surface area contributed by atoms with E-state index in [0.717, 1.165) is 37.3 Å². The highest BCUT2D eigenvalue weighted by Crippen LogP contribution is 2.61. The van der Waals surface area contributed by atoms with E-state index >= 15 is 0 Å². The van der Waals surface area contributed by atoms with Gasteiger partial charge in [0.2, 0.25) is 11.8 Å². The Morgan fingerprint density at radius 1 is 1.00 bits per heavy atom. The van der Waals surface area contributed by atoms with E-state index in [2.05, 4.69) is 37.8 Å². The molecule has 4 heterocycles. The number of rotatable bonds is 10. The molecule has 0 saturated carbocycles. The highest BCUT2D eigenvalue weighted by molar-refractivity contribution is 8.02. The van der Waals surface area contributed by atoms with Crippen molar-refractivity contribution in [3.8, 4) is 0 Å². The van der Waals surface area contributed by atoms with Crippen molar-refractivity contribution in [2.45, 2.75) is 69.5 Å². The molecule has 3 amide bonds. The van der Waals surface area contributed by atoms with Gasteiger partial charge in [-0.2, -0.15) is 0 Å². The lowest BCUT2D eigenvalue weighted by Gasteiger charge is -2.40. The van der Waals surface area contributed by atoms with Crippen molar-refractivity contribution in [1.29, 1.82) is 0 Å². The standard InChI is InChI=1S/C33H46N4O4S/c1-6-18-35-19-10-12-26-27(30(35)39)28-31(40)37(25(21-38)22(5)7-2)29-32(41)36(20-11-17-33(28,29)42-26)24-15-13-23(14-16-24)34(8-3)9-4/h10-17,22,25-29,38H,6-9,18-21H2,1-5H3/t22-,25-,26-,27+,28-,29?,33-/m0/s1. The van der Waals surface area contributed by atoms with Gasteiger partial charge in [0, 0.05) is 49.3 Å². The first-order valence-corrected chi connectivity index (χ1v) is 16.6. The Bertz CT molecular complexity index is 1230. The molecule has 2 saturated heterocycles. The van der Waals surface area contributed by atoms with E-state index in [1.165, 1.54) is 0 Å². The molecule has 1 aromatic rings. The van der Waals surface area contributed by atoms with Gasteiger partial charge in [0.25, 0.3) is 5.91 Å². The van der Waals surface area contributed by atoms with Crippen LogP contribution in [0.25, 0.3) is 0 Å². The molecule has 8 nitrogen and oxygen atoms in total. The monoisotopic (exact) mass is 594 g/mol. The van der Waals surface area contributed by atoms with Gasteiger partial charge in [0.05, 0.1) is 29.2 Å². The summed E-state index contributed by atoms with van der Waals surface area (Å²) < 4.78 is -0.893. The third-order valence-corrected chi connectivity index (χ3v) is 11.6. The number of carbonyl (C=O) groups excluding carboxylic acids is 3. The van der Waals surface area contributed by atoms with Crippen molar-refractivity contribution in [2.24, 2.45) is 17.8 Å². The van der Waals surface area contributed by atoms with Gasteiger partial charge in [0.15, 0.2) is 0 Å². The van der Waals surface area contributed by atoms with E-state index in [1.807, 2.05) is 55.2 Å². The number of hydrogen-bond acceptors (Lipinski definition) is 6. The molecule has 1 unspecified atom stereocenters. The minimum Gasteiger partial charge on any atom is -0.394 e. The van der Waals surface area contributed by atoms with Crippen molar-refractivity contribution in [1.82, 2.24) is 9.80 Å². The van der Waals surface area contributed by atoms with Crippen LogP contribution in [0, 0.1) is 17.8 Å². The molecule has 4 aliphatic heterocycles. The molecule has 42 heavy (non-hydrogen) atoms. The Balaban J connectivity index is 1.60. The van der Waals surface area contributed by atoms with Gasteiger partial charge in [0.1, 0.15) is 6.04 Å². The molecule has 5 rings (SSSR count). The lowest BCUT2D eigenvalue weighted by molar-refractivity contribution is -0.145. The van der Waals surface area contributed by atoms with Crippen molar-refractivity contribution in [2.75, 3.05) is 49.1 Å². The normalized spacial score (nSPS) is 30.1. The fourth-order valence-corrected chi connectivity index (χ4v) is 9.43. The van der Waals surface area contributed by atoms with Crippen LogP contribution in [0.3, 0.4) is 0 Å². The Morgan fingerprint density at radius 2 is 1.71 bits per heavy atom. The number of hydrogen-bond donors (Lipinski definition) is 1. The van der Waals surface area contributed by atoms with Crippen molar-refractivity contribution in [3.63, 3.8) is 0 Å². The summed E-state index contributed by atoms with van der Waals surface area (Å²) in [6.45, 7) is 13.5. The van der Waals surface area contributed by atoms with Crippen molar-refractivity contribution >= 4 is 40.9 Å². The molecule has 1 spiro atoms. The van der Waals surface area contributed by atoms with Gasteiger partial charge < -0.3 is 24.7 Å². The van der Waals surface area contributed by atoms with Crippen LogP contribution in [0.4, 0.5) is 11.4 Å². The maximum atomic E-state index is 14.8. The van der Waals surface area contributed by atoms with Crippen molar-refractivity contribution < 1.29 is 19.5 Å². The maximum absolute atomic E-state index is 14.8. The average molecular weight is 595 g/mol. The summed E-state index contributed by atoms with van der Waals surface area (Å²) in [5.41, 5.74) is 1.88. The van der Waals surface area contributed by atoms with Gasteiger partial charge in [-0.3, -0.25) is 14.4 Å². The van der Waals surface area contributed by atoms with E-state index in [-0.39, 0.29) is 35.5 Å². The molecule has 0 aliphatic carbocycles. The number of aliphatic hydroxyl groups is 1. The number of carbonyl (C=O) groups is 3. The van der Waals surface area contributed by atoms with E-state index in [4.69, 9.17) is 0 Å². The third kappa shape index (κ3) is 4.86. The number of anilines is 2. The number of thioether (sulfide) groups is 1. The summed E-state index contributed by atoms with van der Waals surface area (Å²) in [6.07, 6.45) is 9.78. The van der Waals surface area contributed by atoms with Crippen LogP contribution < -0.4 is 9.80 Å². The largest absolute Gasteiger partial charge is 0.394 e. The predicted octanol–water partition coefficient (Wildman–Crippen LogP) is 3.95. The van der Waals surface area contributed by atoms with E-state index in [0.29, 0.717) is 19.6 Å². The first-order chi connectivity index (χ1) is 20.3. The second kappa shape index (κ2) is 12.4. The van der Waals surface area contributed by atoms with Crippen molar-refractivity contribution in [3.05, 3.63) is 48.6 Å². The Hall–Kier alpha value is -2.78. The molecule has 2 fully saturated rings. The zero-order valence-electron chi connectivity index (χ0n) is 25.6. The van der Waals surface area contributed by atoms with Gasteiger partial charge >= 0.3 is 0 Å². The van der Waals surface area contributed by atoms with Crippen LogP contribution in [0.15, 0.2) is 48.6 Å². The smallest absolute Gasteiger partial charge is 0.251 e. The van der Waals surface area contributed by atoms with E-state index in [9.17, 15) is 19.5 Å². The zero-order valence-corrected chi connectivity index (χ0v) is 26.4. The number of aliphatic hydroxyl groups excluding tert-OH is 1. The number of amides is 3. The summed E-state index contributed by atoms with van der Waals surface area (Å²) in [5, 5.41) is 10.4. The number of nitrogens with zero attached hydrogens (tertiary/aromatic N) is 4. The third-order valence-electron chi connectivity index (χ3n) is 9.81. The summed E-state index contributed by atoms with van der Waals surface area (Å²) in [5.74, 6) is -1.58. The van der Waals surface area contributed by atoms with Crippen LogP contribution in [-0.4, -0.2) is 94.0 Å². The topological polar surface area (TPSA) is 84.4 Å². The summed E-state index contributed by atoms with van der Waals surface area (Å²) in [7, 11) is 0. The summed E-state index contributed by atoms with van der Waals surface area (Å²) in [4.78, 5) is 51.0. The van der Waals surface area contributed by atoms with Crippen LogP contribution in [0.1, 0.15) is 47.5 Å². The lowest BCUT2D eigenvalue weighted by Crippen LogP contribution is -2.58. The zero-order chi connectivity index (χ0) is 30.2. The number of fused-ring (bicyclic) bond motifs is 2. The Morgan fingerprint density at radius 3 is 2.33 bits per heavy atom. The van der Waals surface area contributed by atoms with Crippen LogP contribution in [0.5, 0.6) is 0 Å². The van der Waals surface area contributed by atoms with Gasteiger partial charge in [-0.25, -0.2) is 0 Å². The predicted molar refractivity (Wildman–Crippen MR) is 170 cm³/mol. The highest BCUT2D eigenvalue weighted by Gasteiger charge is 2.72. The quantitative estimate of drug-likeness (QED) is 0.413. The molecule has 1 N–H and O–H groups in total. The molecule has 4 aliphatic rings. The fraction of sp³-hybridized carbons (Fsp3) is 0.606. The molecule has 0 radical (unpaired) electrons. The molecule has 7 atom stereocenters. The average Bonchev–Trinajstić information content (AvgIpc) is 3.32. The second-order valence-electron chi connectivity index (χ2n) is 12.0. The minimum absolute atomic E-state index is 0.00629. The SMILES string of the molecule is CCCN1CC=C[C@@H]2S[C@]34C=CCN(c5ccc(N(CC)CC)cc5)C(=O)C3N([C@@H](CO)[C@@H](C)CC)C(=O)[C@@H]4[C@@H]2C1=O. The van der Waals surface area contributed by atoms with Crippen LogP contribution in [0.2, 0.25) is 0 Å². The fourth-order valence-electron chi connectivity index (χ4n) is 7.44. The van der Waals surface area contributed by atoms with Gasteiger partial charge in [-0.05, 0) is 50.5 Å².